The predicted octanol–water partition coefficient (Wildman–Crippen LogP) is 2.20. The zero-order chi connectivity index (χ0) is 17.8. The molecule has 0 unspecified atom stereocenters. The number of hydrogen-bond donors (Lipinski definition) is 3. The van der Waals surface area contributed by atoms with Crippen molar-refractivity contribution in [1.29, 1.82) is 0 Å². The lowest BCUT2D eigenvalue weighted by molar-refractivity contribution is -0.121. The van der Waals surface area contributed by atoms with Gasteiger partial charge in [0.1, 0.15) is 6.54 Å². The van der Waals surface area contributed by atoms with Crippen LogP contribution < -0.4 is 16.0 Å². The molecule has 0 aromatic heterocycles. The minimum atomic E-state index is -0.227. The van der Waals surface area contributed by atoms with Crippen LogP contribution in [0.2, 0.25) is 0 Å². The van der Waals surface area contributed by atoms with Crippen LogP contribution in [-0.2, 0) is 9.53 Å². The Morgan fingerprint density at radius 3 is 2.50 bits per heavy atom. The third-order valence-electron chi connectivity index (χ3n) is 3.76. The molecule has 140 valence electrons. The van der Waals surface area contributed by atoms with Crippen LogP contribution in [0.5, 0.6) is 0 Å². The van der Waals surface area contributed by atoms with Crippen molar-refractivity contribution in [2.45, 2.75) is 77.9 Å². The quantitative estimate of drug-likeness (QED) is 0.360. The van der Waals surface area contributed by atoms with E-state index < -0.39 is 0 Å². The van der Waals surface area contributed by atoms with E-state index in [4.69, 9.17) is 4.74 Å². The molecule has 0 saturated heterocycles. The first-order valence-corrected chi connectivity index (χ1v) is 9.35. The zero-order valence-corrected chi connectivity index (χ0v) is 15.9. The van der Waals surface area contributed by atoms with Crippen LogP contribution in [0.4, 0.5) is 0 Å². The van der Waals surface area contributed by atoms with Crippen molar-refractivity contribution in [3.05, 3.63) is 0 Å². The molecule has 0 aliphatic heterocycles. The molecule has 0 spiro atoms. The standard InChI is InChI=1S/C18H36N4O2/c1-5-19-17(21-14-16(23)22-18(2,3)4)20-12-9-13-24-15-10-7-6-8-11-15/h15H,5-14H2,1-4H3,(H,22,23)(H2,19,20,21). The molecule has 0 atom stereocenters. The Balaban J connectivity index is 2.21. The van der Waals surface area contributed by atoms with Gasteiger partial charge >= 0.3 is 0 Å². The molecule has 0 aromatic rings. The maximum atomic E-state index is 11.8. The molecule has 1 rings (SSSR count). The van der Waals surface area contributed by atoms with E-state index in [-0.39, 0.29) is 18.0 Å². The van der Waals surface area contributed by atoms with Crippen LogP contribution in [0.1, 0.15) is 66.2 Å². The average molecular weight is 341 g/mol. The maximum absolute atomic E-state index is 11.8. The van der Waals surface area contributed by atoms with Crippen LogP contribution >= 0.6 is 0 Å². The molecule has 1 saturated carbocycles. The monoisotopic (exact) mass is 340 g/mol. The second-order valence-corrected chi connectivity index (χ2v) is 7.40. The summed E-state index contributed by atoms with van der Waals surface area (Å²) in [5, 5.41) is 9.32. The SMILES string of the molecule is CCNC(=NCC(=O)NC(C)(C)C)NCCCOC1CCCCC1. The van der Waals surface area contributed by atoms with Crippen molar-refractivity contribution in [2.75, 3.05) is 26.2 Å². The zero-order valence-electron chi connectivity index (χ0n) is 15.9. The van der Waals surface area contributed by atoms with Crippen molar-refractivity contribution < 1.29 is 9.53 Å². The topological polar surface area (TPSA) is 74.8 Å². The third kappa shape index (κ3) is 10.5. The molecule has 0 aromatic carbocycles. The molecule has 0 bridgehead atoms. The van der Waals surface area contributed by atoms with Crippen molar-refractivity contribution >= 4 is 11.9 Å². The van der Waals surface area contributed by atoms with Gasteiger partial charge in [-0.15, -0.1) is 0 Å². The van der Waals surface area contributed by atoms with E-state index in [9.17, 15) is 4.79 Å². The third-order valence-corrected chi connectivity index (χ3v) is 3.76. The van der Waals surface area contributed by atoms with Crippen LogP contribution in [0.25, 0.3) is 0 Å². The number of carbonyl (C=O) groups is 1. The summed E-state index contributed by atoms with van der Waals surface area (Å²) in [5.74, 6) is 0.611. The van der Waals surface area contributed by atoms with E-state index in [0.29, 0.717) is 12.1 Å². The molecule has 1 aliphatic rings. The highest BCUT2D eigenvalue weighted by Crippen LogP contribution is 2.20. The highest BCUT2D eigenvalue weighted by molar-refractivity contribution is 5.85. The summed E-state index contributed by atoms with van der Waals surface area (Å²) in [4.78, 5) is 16.2. The molecule has 6 heteroatoms. The summed E-state index contributed by atoms with van der Waals surface area (Å²) in [6, 6.07) is 0. The second-order valence-electron chi connectivity index (χ2n) is 7.40. The Labute approximate surface area is 147 Å². The summed E-state index contributed by atoms with van der Waals surface area (Å²) in [6.07, 6.45) is 7.78. The van der Waals surface area contributed by atoms with E-state index in [1.807, 2.05) is 27.7 Å². The van der Waals surface area contributed by atoms with Gasteiger partial charge in [0.05, 0.1) is 6.10 Å². The summed E-state index contributed by atoms with van der Waals surface area (Å²) in [7, 11) is 0. The van der Waals surface area contributed by atoms with Crippen molar-refractivity contribution in [3.8, 4) is 0 Å². The molecule has 1 amide bonds. The number of rotatable bonds is 8. The lowest BCUT2D eigenvalue weighted by Gasteiger charge is -2.22. The minimum absolute atomic E-state index is 0.0691. The first kappa shape index (κ1) is 20.7. The van der Waals surface area contributed by atoms with E-state index in [1.54, 1.807) is 0 Å². The molecular formula is C18H36N4O2. The van der Waals surface area contributed by atoms with Crippen LogP contribution in [0, 0.1) is 0 Å². The number of guanidine groups is 1. The number of hydrogen-bond acceptors (Lipinski definition) is 3. The Hall–Kier alpha value is -1.30. The van der Waals surface area contributed by atoms with E-state index in [2.05, 4.69) is 20.9 Å². The van der Waals surface area contributed by atoms with Crippen molar-refractivity contribution in [1.82, 2.24) is 16.0 Å². The largest absolute Gasteiger partial charge is 0.378 e. The fourth-order valence-electron chi connectivity index (χ4n) is 2.71. The van der Waals surface area contributed by atoms with Gasteiger partial charge in [-0.2, -0.15) is 0 Å². The summed E-state index contributed by atoms with van der Waals surface area (Å²) in [6.45, 7) is 10.4. The number of carbonyl (C=O) groups excluding carboxylic acids is 1. The van der Waals surface area contributed by atoms with Gasteiger partial charge in [-0.3, -0.25) is 4.79 Å². The highest BCUT2D eigenvalue weighted by Gasteiger charge is 2.14. The number of amides is 1. The molecule has 3 N–H and O–H groups in total. The first-order valence-electron chi connectivity index (χ1n) is 9.35. The van der Waals surface area contributed by atoms with Gasteiger partial charge in [0.25, 0.3) is 0 Å². The number of ether oxygens (including phenoxy) is 1. The molecule has 1 fully saturated rings. The van der Waals surface area contributed by atoms with Gasteiger partial charge in [0, 0.05) is 25.2 Å². The van der Waals surface area contributed by atoms with E-state index in [1.165, 1.54) is 32.1 Å². The Kier molecular flexibility index (Phi) is 9.76. The second kappa shape index (κ2) is 11.3. The predicted molar refractivity (Wildman–Crippen MR) is 99.3 cm³/mol. The van der Waals surface area contributed by atoms with Crippen molar-refractivity contribution in [3.63, 3.8) is 0 Å². The molecule has 24 heavy (non-hydrogen) atoms. The number of nitrogens with zero attached hydrogens (tertiary/aromatic N) is 1. The van der Waals surface area contributed by atoms with Gasteiger partial charge in [-0.1, -0.05) is 19.3 Å². The molecule has 0 radical (unpaired) electrons. The number of nitrogens with one attached hydrogen (secondary N) is 3. The first-order chi connectivity index (χ1) is 11.4. The molecule has 1 aliphatic carbocycles. The van der Waals surface area contributed by atoms with Crippen LogP contribution in [0.15, 0.2) is 4.99 Å². The fourth-order valence-corrected chi connectivity index (χ4v) is 2.71. The van der Waals surface area contributed by atoms with E-state index >= 15 is 0 Å². The van der Waals surface area contributed by atoms with Crippen LogP contribution in [-0.4, -0.2) is 49.8 Å². The summed E-state index contributed by atoms with van der Waals surface area (Å²) < 4.78 is 5.91. The van der Waals surface area contributed by atoms with Gasteiger partial charge in [-0.25, -0.2) is 4.99 Å². The summed E-state index contributed by atoms with van der Waals surface area (Å²) >= 11 is 0. The normalized spacial score (nSPS) is 16.8. The Morgan fingerprint density at radius 1 is 1.17 bits per heavy atom. The van der Waals surface area contributed by atoms with Crippen LogP contribution in [0.3, 0.4) is 0 Å². The lowest BCUT2D eigenvalue weighted by Crippen LogP contribution is -2.43. The highest BCUT2D eigenvalue weighted by atomic mass is 16.5. The van der Waals surface area contributed by atoms with Gasteiger partial charge < -0.3 is 20.7 Å². The lowest BCUT2D eigenvalue weighted by atomic mass is 9.98. The smallest absolute Gasteiger partial charge is 0.242 e. The minimum Gasteiger partial charge on any atom is -0.378 e. The number of aliphatic imine (C=N–C) groups is 1. The molecular weight excluding hydrogens is 304 g/mol. The van der Waals surface area contributed by atoms with Gasteiger partial charge in [0.2, 0.25) is 5.91 Å². The average Bonchev–Trinajstić information content (AvgIpc) is 2.51. The Morgan fingerprint density at radius 2 is 1.88 bits per heavy atom. The van der Waals surface area contributed by atoms with Gasteiger partial charge in [-0.05, 0) is 47.0 Å². The maximum Gasteiger partial charge on any atom is 0.242 e. The van der Waals surface area contributed by atoms with Crippen molar-refractivity contribution in [2.24, 2.45) is 4.99 Å². The molecule has 6 nitrogen and oxygen atoms in total. The Bertz CT molecular complexity index is 385. The fraction of sp³-hybridized carbons (Fsp3) is 0.889. The molecule has 0 heterocycles. The van der Waals surface area contributed by atoms with Gasteiger partial charge in [0.15, 0.2) is 5.96 Å². The van der Waals surface area contributed by atoms with E-state index in [0.717, 1.165) is 26.1 Å². The summed E-state index contributed by atoms with van der Waals surface area (Å²) in [5.41, 5.74) is -0.227.